The van der Waals surface area contributed by atoms with E-state index in [0.717, 1.165) is 6.42 Å². The summed E-state index contributed by atoms with van der Waals surface area (Å²) in [5.41, 5.74) is 0.0458. The minimum Gasteiger partial charge on any atom is -0.344 e. The van der Waals surface area contributed by atoms with E-state index in [-0.39, 0.29) is 29.3 Å². The molecule has 7 heteroatoms. The highest BCUT2D eigenvalue weighted by atomic mass is 16.2. The van der Waals surface area contributed by atoms with E-state index in [9.17, 15) is 14.4 Å². The first kappa shape index (κ1) is 17.6. The van der Waals surface area contributed by atoms with Crippen molar-refractivity contribution in [1.29, 1.82) is 0 Å². The molecule has 2 aliphatic rings. The predicted molar refractivity (Wildman–Crippen MR) is 86.8 cm³/mol. The van der Waals surface area contributed by atoms with Gasteiger partial charge in [-0.2, -0.15) is 0 Å². The third-order valence-electron chi connectivity index (χ3n) is 4.16. The lowest BCUT2D eigenvalue weighted by Gasteiger charge is -2.26. The van der Waals surface area contributed by atoms with Crippen LogP contribution >= 0.6 is 0 Å². The van der Waals surface area contributed by atoms with Crippen LogP contribution in [0.15, 0.2) is 0 Å². The van der Waals surface area contributed by atoms with Gasteiger partial charge in [0.15, 0.2) is 0 Å². The van der Waals surface area contributed by atoms with Crippen molar-refractivity contribution in [2.75, 3.05) is 32.7 Å². The fourth-order valence-electron chi connectivity index (χ4n) is 2.81. The molecular weight excluding hydrogens is 296 g/mol. The van der Waals surface area contributed by atoms with Gasteiger partial charge in [-0.3, -0.25) is 9.59 Å². The van der Waals surface area contributed by atoms with Gasteiger partial charge in [-0.1, -0.05) is 20.8 Å². The van der Waals surface area contributed by atoms with Crippen molar-refractivity contribution in [3.8, 4) is 0 Å². The van der Waals surface area contributed by atoms with E-state index in [1.54, 1.807) is 9.80 Å². The molecule has 0 aromatic heterocycles. The van der Waals surface area contributed by atoms with Crippen molar-refractivity contribution in [1.82, 2.24) is 20.4 Å². The molecule has 2 aliphatic heterocycles. The summed E-state index contributed by atoms with van der Waals surface area (Å²) in [6.45, 7) is 9.19. The number of nitrogens with zero attached hydrogens (tertiary/aromatic N) is 2. The van der Waals surface area contributed by atoms with E-state index in [1.165, 1.54) is 0 Å². The maximum absolute atomic E-state index is 12.4. The summed E-state index contributed by atoms with van der Waals surface area (Å²) < 4.78 is 0. The molecule has 0 bridgehead atoms. The third kappa shape index (κ3) is 5.11. The molecule has 130 valence electrons. The molecule has 7 nitrogen and oxygen atoms in total. The van der Waals surface area contributed by atoms with Crippen molar-refractivity contribution in [2.45, 2.75) is 46.1 Å². The van der Waals surface area contributed by atoms with Crippen LogP contribution in [-0.4, -0.2) is 66.4 Å². The maximum Gasteiger partial charge on any atom is 0.317 e. The molecule has 0 aromatic carbocycles. The minimum absolute atomic E-state index is 0.0206. The van der Waals surface area contributed by atoms with E-state index < -0.39 is 0 Å². The Morgan fingerprint density at radius 2 is 1.83 bits per heavy atom. The molecule has 0 aliphatic carbocycles. The van der Waals surface area contributed by atoms with Gasteiger partial charge in [0.05, 0.1) is 0 Å². The van der Waals surface area contributed by atoms with Crippen molar-refractivity contribution in [3.05, 3.63) is 0 Å². The number of amides is 4. The monoisotopic (exact) mass is 324 g/mol. The van der Waals surface area contributed by atoms with Crippen molar-refractivity contribution in [2.24, 2.45) is 5.41 Å². The average molecular weight is 324 g/mol. The van der Waals surface area contributed by atoms with Crippen LogP contribution in [0, 0.1) is 5.41 Å². The number of hydrogen-bond donors (Lipinski definition) is 2. The molecule has 0 spiro atoms. The summed E-state index contributed by atoms with van der Waals surface area (Å²) in [6, 6.07) is -0.452. The van der Waals surface area contributed by atoms with Gasteiger partial charge in [-0.25, -0.2) is 4.79 Å². The quantitative estimate of drug-likeness (QED) is 0.778. The zero-order chi connectivity index (χ0) is 17.0. The molecule has 4 amide bonds. The van der Waals surface area contributed by atoms with Gasteiger partial charge in [0.1, 0.15) is 6.04 Å². The van der Waals surface area contributed by atoms with Crippen LogP contribution in [-0.2, 0) is 9.59 Å². The first-order valence-corrected chi connectivity index (χ1v) is 8.37. The second kappa shape index (κ2) is 7.19. The van der Waals surface area contributed by atoms with Crippen LogP contribution in [0.4, 0.5) is 4.79 Å². The number of nitrogens with one attached hydrogen (secondary N) is 2. The zero-order valence-electron chi connectivity index (χ0n) is 14.4. The predicted octanol–water partition coefficient (Wildman–Crippen LogP) is 0.555. The Labute approximate surface area is 137 Å². The highest BCUT2D eigenvalue weighted by Gasteiger charge is 2.32. The van der Waals surface area contributed by atoms with E-state index in [1.807, 2.05) is 0 Å². The molecule has 23 heavy (non-hydrogen) atoms. The number of urea groups is 1. The number of hydrogen-bond acceptors (Lipinski definition) is 3. The van der Waals surface area contributed by atoms with Gasteiger partial charge < -0.3 is 20.4 Å². The second-order valence-corrected chi connectivity index (χ2v) is 7.54. The molecule has 2 rings (SSSR count). The first-order valence-electron chi connectivity index (χ1n) is 8.37. The summed E-state index contributed by atoms with van der Waals surface area (Å²) in [6.07, 6.45) is 1.75. The van der Waals surface area contributed by atoms with Crippen LogP contribution in [0.2, 0.25) is 0 Å². The Morgan fingerprint density at radius 1 is 1.17 bits per heavy atom. The first-order chi connectivity index (χ1) is 10.8. The molecular formula is C16H28N4O3. The van der Waals surface area contributed by atoms with Crippen molar-refractivity contribution in [3.63, 3.8) is 0 Å². The molecule has 1 unspecified atom stereocenters. The second-order valence-electron chi connectivity index (χ2n) is 7.54. The van der Waals surface area contributed by atoms with Crippen LogP contribution in [0.5, 0.6) is 0 Å². The van der Waals surface area contributed by atoms with Crippen molar-refractivity contribution < 1.29 is 14.4 Å². The van der Waals surface area contributed by atoms with E-state index in [0.29, 0.717) is 45.6 Å². The zero-order valence-corrected chi connectivity index (χ0v) is 14.4. The molecule has 0 aromatic rings. The third-order valence-corrected chi connectivity index (χ3v) is 4.16. The summed E-state index contributed by atoms with van der Waals surface area (Å²) in [5, 5.41) is 5.67. The summed E-state index contributed by atoms with van der Waals surface area (Å²) in [4.78, 5) is 39.5. The SMILES string of the molecule is CC(C)(C)CNC(=O)N1CCCN(C(=O)C2CCC(=O)N2)CC1. The summed E-state index contributed by atoms with van der Waals surface area (Å²) >= 11 is 0. The van der Waals surface area contributed by atoms with Gasteiger partial charge in [0.2, 0.25) is 11.8 Å². The molecule has 1 atom stereocenters. The number of carbonyl (C=O) groups is 3. The lowest BCUT2D eigenvalue weighted by molar-refractivity contribution is -0.134. The fraction of sp³-hybridized carbons (Fsp3) is 0.812. The average Bonchev–Trinajstić information content (AvgIpc) is 2.76. The van der Waals surface area contributed by atoms with E-state index >= 15 is 0 Å². The van der Waals surface area contributed by atoms with Crippen LogP contribution in [0.25, 0.3) is 0 Å². The Morgan fingerprint density at radius 3 is 2.43 bits per heavy atom. The smallest absolute Gasteiger partial charge is 0.317 e. The van der Waals surface area contributed by atoms with Crippen LogP contribution in [0.3, 0.4) is 0 Å². The molecule has 2 heterocycles. The normalized spacial score (nSPS) is 22.6. The largest absolute Gasteiger partial charge is 0.344 e. The minimum atomic E-state index is -0.385. The number of rotatable bonds is 2. The van der Waals surface area contributed by atoms with Gasteiger partial charge >= 0.3 is 6.03 Å². The Kier molecular flexibility index (Phi) is 5.49. The van der Waals surface area contributed by atoms with E-state index in [4.69, 9.17) is 0 Å². The summed E-state index contributed by atoms with van der Waals surface area (Å²) in [7, 11) is 0. The lowest BCUT2D eigenvalue weighted by Crippen LogP contribution is -2.47. The Balaban J connectivity index is 1.83. The highest BCUT2D eigenvalue weighted by Crippen LogP contribution is 2.13. The highest BCUT2D eigenvalue weighted by molar-refractivity contribution is 5.90. The fourth-order valence-corrected chi connectivity index (χ4v) is 2.81. The topological polar surface area (TPSA) is 81.8 Å². The van der Waals surface area contributed by atoms with Gasteiger partial charge in [0.25, 0.3) is 0 Å². The Hall–Kier alpha value is -1.79. The van der Waals surface area contributed by atoms with Gasteiger partial charge in [0, 0.05) is 39.1 Å². The van der Waals surface area contributed by atoms with Gasteiger partial charge in [-0.15, -0.1) is 0 Å². The molecule has 2 fully saturated rings. The Bertz CT molecular complexity index is 472. The summed E-state index contributed by atoms with van der Waals surface area (Å²) in [5.74, 6) is -0.0749. The molecule has 0 saturated carbocycles. The van der Waals surface area contributed by atoms with E-state index in [2.05, 4.69) is 31.4 Å². The van der Waals surface area contributed by atoms with Crippen molar-refractivity contribution >= 4 is 17.8 Å². The standard InChI is InChI=1S/C16H28N4O3/c1-16(2,3)11-17-15(23)20-8-4-7-19(9-10-20)14(22)12-5-6-13(21)18-12/h12H,4-11H2,1-3H3,(H,17,23)(H,18,21). The molecule has 2 N–H and O–H groups in total. The maximum atomic E-state index is 12.4. The molecule has 0 radical (unpaired) electrons. The van der Waals surface area contributed by atoms with Crippen LogP contribution in [0.1, 0.15) is 40.0 Å². The van der Waals surface area contributed by atoms with Gasteiger partial charge in [-0.05, 0) is 18.3 Å². The van der Waals surface area contributed by atoms with Crippen LogP contribution < -0.4 is 10.6 Å². The molecule has 2 saturated heterocycles. The number of carbonyl (C=O) groups excluding carboxylic acids is 3. The lowest BCUT2D eigenvalue weighted by atomic mass is 9.97.